The Bertz CT molecular complexity index is 587. The van der Waals surface area contributed by atoms with Gasteiger partial charge < -0.3 is 0 Å². The van der Waals surface area contributed by atoms with Gasteiger partial charge in [0.15, 0.2) is 0 Å². The number of aromatic nitrogens is 1. The van der Waals surface area contributed by atoms with E-state index in [0.29, 0.717) is 13.3 Å². The zero-order valence-electron chi connectivity index (χ0n) is 13.3. The Labute approximate surface area is 130 Å². The fraction of sp³-hybridized carbons (Fsp3) is 0.600. The summed E-state index contributed by atoms with van der Waals surface area (Å²) in [6.07, 6.45) is 6.47. The van der Waals surface area contributed by atoms with Gasteiger partial charge in [0.2, 0.25) is 0 Å². The molecule has 21 heavy (non-hydrogen) atoms. The van der Waals surface area contributed by atoms with E-state index < -0.39 is 5.54 Å². The molecule has 2 rings (SSSR count). The first-order valence-electron chi connectivity index (χ1n) is 7.02. The van der Waals surface area contributed by atoms with Crippen molar-refractivity contribution in [1.29, 1.82) is 0 Å². The van der Waals surface area contributed by atoms with E-state index in [0.717, 1.165) is 22.7 Å². The smallest absolute Gasteiger partial charge is 0.295 e. The van der Waals surface area contributed by atoms with Crippen LogP contribution in [0.15, 0.2) is 0 Å². The quantitative estimate of drug-likeness (QED) is 0.806. The second-order valence-corrected chi connectivity index (χ2v) is 6.65. The number of urea groups is 1. The first-order chi connectivity index (χ1) is 9.81. The SMILES string of the molecule is C#CC(C)(C)N1CN(C)CN(c2snc(CC)c2C)C1=O. The number of rotatable bonds is 3. The van der Waals surface area contributed by atoms with E-state index in [-0.39, 0.29) is 6.03 Å². The average molecular weight is 306 g/mol. The Kier molecular flexibility index (Phi) is 4.26. The number of carbonyl (C=O) groups is 1. The fourth-order valence-electron chi connectivity index (χ4n) is 2.38. The zero-order valence-corrected chi connectivity index (χ0v) is 14.1. The lowest BCUT2D eigenvalue weighted by Crippen LogP contribution is -2.62. The minimum atomic E-state index is -0.615. The molecule has 0 aromatic carbocycles. The molecule has 1 fully saturated rings. The van der Waals surface area contributed by atoms with Crippen molar-refractivity contribution in [2.24, 2.45) is 0 Å². The normalized spacial score (nSPS) is 17.2. The maximum absolute atomic E-state index is 12.8. The topological polar surface area (TPSA) is 39.7 Å². The highest BCUT2D eigenvalue weighted by Crippen LogP contribution is 2.32. The third-order valence-corrected chi connectivity index (χ3v) is 4.84. The third kappa shape index (κ3) is 2.76. The summed E-state index contributed by atoms with van der Waals surface area (Å²) in [5.41, 5.74) is 1.53. The van der Waals surface area contributed by atoms with Crippen molar-refractivity contribution >= 4 is 22.6 Å². The van der Waals surface area contributed by atoms with E-state index in [1.807, 2.05) is 27.8 Å². The highest BCUT2D eigenvalue weighted by molar-refractivity contribution is 7.10. The third-order valence-electron chi connectivity index (χ3n) is 3.83. The van der Waals surface area contributed by atoms with Crippen LogP contribution in [0.25, 0.3) is 0 Å². The van der Waals surface area contributed by atoms with Crippen LogP contribution in [0.3, 0.4) is 0 Å². The van der Waals surface area contributed by atoms with E-state index >= 15 is 0 Å². The maximum atomic E-state index is 12.8. The van der Waals surface area contributed by atoms with Gasteiger partial charge in [-0.25, -0.2) is 4.79 Å². The second-order valence-electron chi connectivity index (χ2n) is 5.89. The number of hydrogen-bond donors (Lipinski definition) is 0. The van der Waals surface area contributed by atoms with Crippen LogP contribution < -0.4 is 4.90 Å². The lowest BCUT2D eigenvalue weighted by Gasteiger charge is -2.45. The van der Waals surface area contributed by atoms with Crippen LogP contribution in [0.5, 0.6) is 0 Å². The summed E-state index contributed by atoms with van der Waals surface area (Å²) >= 11 is 1.38. The van der Waals surface area contributed by atoms with Crippen molar-refractivity contribution in [2.75, 3.05) is 25.3 Å². The Balaban J connectivity index is 2.38. The van der Waals surface area contributed by atoms with Crippen molar-refractivity contribution in [3.8, 4) is 12.3 Å². The number of amides is 2. The van der Waals surface area contributed by atoms with Crippen molar-refractivity contribution < 1.29 is 4.79 Å². The highest BCUT2D eigenvalue weighted by atomic mass is 32.1. The predicted molar refractivity (Wildman–Crippen MR) is 86.4 cm³/mol. The lowest BCUT2D eigenvalue weighted by atomic mass is 10.1. The monoisotopic (exact) mass is 306 g/mol. The molecule has 2 heterocycles. The van der Waals surface area contributed by atoms with E-state index in [2.05, 4.69) is 22.1 Å². The van der Waals surface area contributed by atoms with Gasteiger partial charge >= 0.3 is 6.03 Å². The molecular weight excluding hydrogens is 284 g/mol. The first kappa shape index (κ1) is 15.8. The largest absolute Gasteiger partial charge is 0.328 e. The van der Waals surface area contributed by atoms with Gasteiger partial charge in [-0.05, 0) is 45.8 Å². The van der Waals surface area contributed by atoms with Gasteiger partial charge in [0.25, 0.3) is 0 Å². The molecule has 114 valence electrons. The molecule has 5 nitrogen and oxygen atoms in total. The number of hydrogen-bond acceptors (Lipinski definition) is 4. The predicted octanol–water partition coefficient (Wildman–Crippen LogP) is 2.51. The van der Waals surface area contributed by atoms with Gasteiger partial charge in [-0.3, -0.25) is 14.7 Å². The summed E-state index contributed by atoms with van der Waals surface area (Å²) in [6.45, 7) is 8.96. The van der Waals surface area contributed by atoms with E-state index in [9.17, 15) is 4.79 Å². The molecule has 6 heteroatoms. The summed E-state index contributed by atoms with van der Waals surface area (Å²) < 4.78 is 4.45. The summed E-state index contributed by atoms with van der Waals surface area (Å²) in [7, 11) is 1.98. The number of carbonyl (C=O) groups excluding carboxylic acids is 1. The molecule has 0 N–H and O–H groups in total. The minimum absolute atomic E-state index is 0.0505. The summed E-state index contributed by atoms with van der Waals surface area (Å²) in [5.74, 6) is 2.70. The zero-order chi connectivity index (χ0) is 15.8. The Morgan fingerprint density at radius 1 is 1.43 bits per heavy atom. The molecule has 0 bridgehead atoms. The Morgan fingerprint density at radius 2 is 2.10 bits per heavy atom. The standard InChI is InChI=1S/C15H22N4OS/c1-7-12-11(3)13(21-16-12)18-9-17(6)10-19(14(18)20)15(4,5)8-2/h2H,7,9-10H2,1,3-6H3. The number of nitrogens with zero attached hydrogens (tertiary/aromatic N) is 4. The molecule has 0 radical (unpaired) electrons. The van der Waals surface area contributed by atoms with Gasteiger partial charge in [-0.1, -0.05) is 12.8 Å². The summed E-state index contributed by atoms with van der Waals surface area (Å²) in [5, 5.41) is 0.918. The molecule has 0 unspecified atom stereocenters. The molecule has 1 aliphatic heterocycles. The van der Waals surface area contributed by atoms with E-state index in [4.69, 9.17) is 6.42 Å². The molecule has 1 aromatic heterocycles. The number of terminal acetylenes is 1. The molecule has 0 atom stereocenters. The van der Waals surface area contributed by atoms with Crippen LogP contribution >= 0.6 is 11.5 Å². The first-order valence-corrected chi connectivity index (χ1v) is 7.79. The van der Waals surface area contributed by atoms with Crippen molar-refractivity contribution in [1.82, 2.24) is 14.2 Å². The molecule has 0 saturated carbocycles. The Hall–Kier alpha value is -1.58. The van der Waals surface area contributed by atoms with Crippen molar-refractivity contribution in [2.45, 2.75) is 39.7 Å². The summed E-state index contributed by atoms with van der Waals surface area (Å²) in [4.78, 5) is 18.4. The van der Waals surface area contributed by atoms with Crippen molar-refractivity contribution in [3.63, 3.8) is 0 Å². The van der Waals surface area contributed by atoms with Gasteiger partial charge in [-0.15, -0.1) is 6.42 Å². The van der Waals surface area contributed by atoms with Gasteiger partial charge in [0.05, 0.1) is 19.0 Å². The molecule has 0 spiro atoms. The summed E-state index contributed by atoms with van der Waals surface area (Å²) in [6, 6.07) is -0.0505. The minimum Gasteiger partial charge on any atom is -0.295 e. The van der Waals surface area contributed by atoms with Gasteiger partial charge in [-0.2, -0.15) is 4.37 Å². The molecule has 1 saturated heterocycles. The fourth-order valence-corrected chi connectivity index (χ4v) is 3.33. The molecule has 1 aromatic rings. The molecule has 0 aliphatic carbocycles. The molecule has 2 amide bonds. The van der Waals surface area contributed by atoms with Crippen LogP contribution in [-0.4, -0.2) is 46.1 Å². The van der Waals surface area contributed by atoms with Crippen molar-refractivity contribution in [3.05, 3.63) is 11.3 Å². The van der Waals surface area contributed by atoms with Crippen LogP contribution in [0.2, 0.25) is 0 Å². The van der Waals surface area contributed by atoms with Gasteiger partial charge in [0, 0.05) is 5.56 Å². The average Bonchev–Trinajstić information content (AvgIpc) is 2.81. The van der Waals surface area contributed by atoms with Crippen LogP contribution in [0, 0.1) is 19.3 Å². The van der Waals surface area contributed by atoms with Crippen LogP contribution in [-0.2, 0) is 6.42 Å². The van der Waals surface area contributed by atoms with Crippen LogP contribution in [0.1, 0.15) is 32.0 Å². The second kappa shape index (κ2) is 5.66. The van der Waals surface area contributed by atoms with Gasteiger partial charge in [0.1, 0.15) is 10.5 Å². The molecular formula is C15H22N4OS. The van der Waals surface area contributed by atoms with Crippen LogP contribution in [0.4, 0.5) is 9.80 Å². The van der Waals surface area contributed by atoms with E-state index in [1.54, 1.807) is 9.80 Å². The Morgan fingerprint density at radius 3 is 2.62 bits per heavy atom. The van der Waals surface area contributed by atoms with E-state index in [1.165, 1.54) is 11.5 Å². The highest BCUT2D eigenvalue weighted by Gasteiger charge is 2.38. The lowest BCUT2D eigenvalue weighted by molar-refractivity contribution is 0.0925. The molecule has 1 aliphatic rings. The number of anilines is 1. The number of aryl methyl sites for hydroxylation is 1. The maximum Gasteiger partial charge on any atom is 0.328 e.